The largest absolute Gasteiger partial charge is 0.0654 e. The van der Waals surface area contributed by atoms with Crippen LogP contribution in [0.5, 0.6) is 0 Å². The second kappa shape index (κ2) is 8.10. The van der Waals surface area contributed by atoms with Gasteiger partial charge in [-0.15, -0.1) is 0 Å². The fraction of sp³-hybridized carbons (Fsp3) is 0.818. The van der Waals surface area contributed by atoms with Crippen LogP contribution in [0.15, 0.2) is 0 Å². The van der Waals surface area contributed by atoms with Crippen LogP contribution < -0.4 is 0 Å². The van der Waals surface area contributed by atoms with Crippen molar-refractivity contribution in [3.63, 3.8) is 0 Å². The van der Waals surface area contributed by atoms with Gasteiger partial charge in [0, 0.05) is 0 Å². The van der Waals surface area contributed by atoms with Crippen LogP contribution in [-0.4, -0.2) is 0 Å². The van der Waals surface area contributed by atoms with Gasteiger partial charge >= 0.3 is 0 Å². The van der Waals surface area contributed by atoms with Gasteiger partial charge in [0.15, 0.2) is 0 Å². The third kappa shape index (κ3) is 6.40. The van der Waals surface area contributed by atoms with E-state index in [2.05, 4.69) is 20.8 Å². The van der Waals surface area contributed by atoms with Gasteiger partial charge in [0.05, 0.1) is 0 Å². The van der Waals surface area contributed by atoms with E-state index in [0.717, 1.165) is 6.42 Å². The maximum Gasteiger partial charge on any atom is -0.0241 e. The molecule has 0 heteroatoms. The van der Waals surface area contributed by atoms with Gasteiger partial charge in [-0.25, -0.2) is 0 Å². The molecular weight excluding hydrogens is 132 g/mol. The van der Waals surface area contributed by atoms with Crippen molar-refractivity contribution >= 4 is 0 Å². The summed E-state index contributed by atoms with van der Waals surface area (Å²) < 4.78 is 0. The second-order valence-electron chi connectivity index (χ2n) is 3.21. The fourth-order valence-electron chi connectivity index (χ4n) is 1.41. The molecule has 11 heavy (non-hydrogen) atoms. The maximum atomic E-state index is 3.89. The molecule has 0 heterocycles. The smallest absolute Gasteiger partial charge is 0.0241 e. The van der Waals surface area contributed by atoms with E-state index in [1.165, 1.54) is 38.5 Å². The topological polar surface area (TPSA) is 0 Å². The molecule has 0 spiro atoms. The van der Waals surface area contributed by atoms with Crippen molar-refractivity contribution < 1.29 is 0 Å². The molecule has 0 N–H and O–H groups in total. The van der Waals surface area contributed by atoms with Gasteiger partial charge in [-0.2, -0.15) is 0 Å². The zero-order chi connectivity index (χ0) is 8.53. The van der Waals surface area contributed by atoms with Crippen molar-refractivity contribution in [2.45, 2.75) is 58.8 Å². The third-order valence-corrected chi connectivity index (χ3v) is 2.02. The normalized spacial score (nSPS) is 10.9. The molecule has 0 amide bonds. The molecule has 2 radical (unpaired) electrons. The van der Waals surface area contributed by atoms with Crippen molar-refractivity contribution in [1.82, 2.24) is 0 Å². The number of unbranched alkanes of at least 4 members (excludes halogenated alkanes) is 1. The molecular formula is C11H22. The van der Waals surface area contributed by atoms with E-state index in [-0.39, 0.29) is 0 Å². The Morgan fingerprint density at radius 3 is 2.18 bits per heavy atom. The Bertz CT molecular complexity index is 60.4. The zero-order valence-corrected chi connectivity index (χ0v) is 8.16. The van der Waals surface area contributed by atoms with Crippen LogP contribution in [-0.2, 0) is 0 Å². The van der Waals surface area contributed by atoms with Crippen LogP contribution in [0.4, 0.5) is 0 Å². The quantitative estimate of drug-likeness (QED) is 0.516. The van der Waals surface area contributed by atoms with Crippen molar-refractivity contribution in [2.24, 2.45) is 0 Å². The van der Waals surface area contributed by atoms with Gasteiger partial charge in [-0.3, -0.25) is 0 Å². The highest BCUT2D eigenvalue weighted by Gasteiger charge is 2.05. The minimum Gasteiger partial charge on any atom is -0.0654 e. The summed E-state index contributed by atoms with van der Waals surface area (Å²) in [4.78, 5) is 0. The highest BCUT2D eigenvalue weighted by molar-refractivity contribution is 4.88. The molecule has 0 aliphatic carbocycles. The lowest BCUT2D eigenvalue weighted by molar-refractivity contribution is 0.609. The summed E-state index contributed by atoms with van der Waals surface area (Å²) in [7, 11) is 0. The van der Waals surface area contributed by atoms with E-state index in [1.54, 1.807) is 5.92 Å². The standard InChI is InChI=1S/C11H22/c1-4-7-10-11(8-5-2)9-6-3/h2,4-10H2,1,3H3. The number of rotatable bonds is 7. The summed E-state index contributed by atoms with van der Waals surface area (Å²) in [6, 6.07) is 0. The molecule has 0 saturated carbocycles. The lowest BCUT2D eigenvalue weighted by atomic mass is 9.93. The predicted molar refractivity (Wildman–Crippen MR) is 52.3 cm³/mol. The Kier molecular flexibility index (Phi) is 8.10. The summed E-state index contributed by atoms with van der Waals surface area (Å²) >= 11 is 0. The lowest BCUT2D eigenvalue weighted by Gasteiger charge is -2.12. The van der Waals surface area contributed by atoms with Crippen LogP contribution in [0.1, 0.15) is 58.8 Å². The van der Waals surface area contributed by atoms with E-state index in [9.17, 15) is 0 Å². The van der Waals surface area contributed by atoms with Crippen LogP contribution in [0.2, 0.25) is 0 Å². The third-order valence-electron chi connectivity index (χ3n) is 2.02. The van der Waals surface area contributed by atoms with Crippen molar-refractivity contribution in [3.05, 3.63) is 12.8 Å². The molecule has 0 atom stereocenters. The van der Waals surface area contributed by atoms with E-state index >= 15 is 0 Å². The van der Waals surface area contributed by atoms with E-state index in [1.807, 2.05) is 0 Å². The van der Waals surface area contributed by atoms with E-state index < -0.39 is 0 Å². The van der Waals surface area contributed by atoms with Crippen molar-refractivity contribution in [2.75, 3.05) is 0 Å². The lowest BCUT2D eigenvalue weighted by Crippen LogP contribution is -1.96. The first-order chi connectivity index (χ1) is 5.35. The Morgan fingerprint density at radius 1 is 1.00 bits per heavy atom. The van der Waals surface area contributed by atoms with Gasteiger partial charge in [0.2, 0.25) is 0 Å². The number of hydrogen-bond donors (Lipinski definition) is 0. The van der Waals surface area contributed by atoms with Crippen molar-refractivity contribution in [3.8, 4) is 0 Å². The van der Waals surface area contributed by atoms with E-state index in [4.69, 9.17) is 0 Å². The van der Waals surface area contributed by atoms with Crippen LogP contribution in [0.25, 0.3) is 0 Å². The molecule has 0 fully saturated rings. The van der Waals surface area contributed by atoms with Gasteiger partial charge < -0.3 is 0 Å². The summed E-state index contributed by atoms with van der Waals surface area (Å²) in [6.45, 7) is 8.41. The maximum absolute atomic E-state index is 3.89. The summed E-state index contributed by atoms with van der Waals surface area (Å²) in [5, 5.41) is 0. The van der Waals surface area contributed by atoms with Gasteiger partial charge in [-0.05, 0) is 25.2 Å². The Morgan fingerprint density at radius 2 is 1.73 bits per heavy atom. The van der Waals surface area contributed by atoms with Gasteiger partial charge in [0.25, 0.3) is 0 Å². The molecule has 0 saturated heterocycles. The molecule has 0 aliphatic rings. The van der Waals surface area contributed by atoms with Crippen molar-refractivity contribution in [1.29, 1.82) is 0 Å². The summed E-state index contributed by atoms with van der Waals surface area (Å²) in [5.74, 6) is 1.74. The number of hydrogen-bond acceptors (Lipinski definition) is 0. The average molecular weight is 154 g/mol. The van der Waals surface area contributed by atoms with E-state index in [0.29, 0.717) is 0 Å². The summed E-state index contributed by atoms with van der Waals surface area (Å²) in [5.41, 5.74) is 0. The minimum absolute atomic E-state index is 1.08. The first-order valence-corrected chi connectivity index (χ1v) is 4.97. The average Bonchev–Trinajstić information content (AvgIpc) is 2.01. The molecule has 66 valence electrons. The molecule has 0 aromatic rings. The zero-order valence-electron chi connectivity index (χ0n) is 8.16. The SMILES string of the molecule is [CH2]CC[C](CCC)CCCC. The first-order valence-electron chi connectivity index (χ1n) is 4.97. The minimum atomic E-state index is 1.08. The molecule has 0 unspecified atom stereocenters. The molecule has 0 bridgehead atoms. The van der Waals surface area contributed by atoms with Crippen LogP contribution >= 0.6 is 0 Å². The highest BCUT2D eigenvalue weighted by Crippen LogP contribution is 2.21. The Labute approximate surface area is 72.4 Å². The van der Waals surface area contributed by atoms with Gasteiger partial charge in [-0.1, -0.05) is 46.5 Å². The summed E-state index contributed by atoms with van der Waals surface area (Å²) in [6.07, 6.45) is 9.01. The fourth-order valence-corrected chi connectivity index (χ4v) is 1.41. The highest BCUT2D eigenvalue weighted by atomic mass is 14.1. The Hall–Kier alpha value is 0. The second-order valence-corrected chi connectivity index (χ2v) is 3.21. The van der Waals surface area contributed by atoms with Gasteiger partial charge in [0.1, 0.15) is 0 Å². The molecule has 0 nitrogen and oxygen atoms in total. The first kappa shape index (κ1) is 11.0. The molecule has 0 aromatic carbocycles. The monoisotopic (exact) mass is 154 g/mol. The van der Waals surface area contributed by atoms with Crippen LogP contribution in [0, 0.1) is 12.8 Å². The molecule has 0 aromatic heterocycles. The molecule has 0 rings (SSSR count). The predicted octanol–water partition coefficient (Wildman–Crippen LogP) is 4.17. The van der Waals surface area contributed by atoms with Crippen LogP contribution in [0.3, 0.4) is 0 Å². The Balaban J connectivity index is 3.34. The molecule has 0 aliphatic heterocycles.